The fourth-order valence-corrected chi connectivity index (χ4v) is 3.88. The first kappa shape index (κ1) is 19.5. The summed E-state index contributed by atoms with van der Waals surface area (Å²) in [6, 6.07) is 6.77. The van der Waals surface area contributed by atoms with Gasteiger partial charge >= 0.3 is 0 Å². The van der Waals surface area contributed by atoms with Crippen molar-refractivity contribution in [2.24, 2.45) is 0 Å². The Kier molecular flexibility index (Phi) is 6.47. The molecule has 6 nitrogen and oxygen atoms in total. The summed E-state index contributed by atoms with van der Waals surface area (Å²) in [5.41, 5.74) is 1.01. The topological polar surface area (TPSA) is 68.2 Å². The van der Waals surface area contributed by atoms with Gasteiger partial charge < -0.3 is 25.2 Å². The minimum atomic E-state index is -0.698. The number of nitrogens with zero attached hydrogens (tertiary/aromatic N) is 2. The first-order valence-corrected chi connectivity index (χ1v) is 9.42. The lowest BCUT2D eigenvalue weighted by Crippen LogP contribution is -2.57. The maximum absolute atomic E-state index is 13.1. The third kappa shape index (κ3) is 4.35. The SMILES string of the molecule is CC(C)NCC1OC(CO)C(O)C1N1CCN(c2ccc(F)cc2)CC1. The molecule has 0 spiro atoms. The van der Waals surface area contributed by atoms with E-state index in [9.17, 15) is 14.6 Å². The number of halogens is 1. The molecule has 0 radical (unpaired) electrons. The molecule has 2 fully saturated rings. The van der Waals surface area contributed by atoms with E-state index < -0.39 is 12.2 Å². The molecule has 4 unspecified atom stereocenters. The van der Waals surface area contributed by atoms with Crippen LogP contribution in [0.3, 0.4) is 0 Å². The second-order valence-corrected chi connectivity index (χ2v) is 7.44. The van der Waals surface area contributed by atoms with Crippen LogP contribution in [-0.2, 0) is 4.74 Å². The average molecular weight is 367 g/mol. The lowest BCUT2D eigenvalue weighted by atomic mass is 10.0. The molecule has 2 saturated heterocycles. The molecular weight excluding hydrogens is 337 g/mol. The van der Waals surface area contributed by atoms with E-state index in [2.05, 4.69) is 29.0 Å². The second kappa shape index (κ2) is 8.63. The zero-order chi connectivity index (χ0) is 18.7. The number of aliphatic hydroxyl groups is 2. The van der Waals surface area contributed by atoms with Gasteiger partial charge in [0.1, 0.15) is 18.0 Å². The van der Waals surface area contributed by atoms with Crippen LogP contribution in [0.2, 0.25) is 0 Å². The van der Waals surface area contributed by atoms with Gasteiger partial charge in [0.25, 0.3) is 0 Å². The monoisotopic (exact) mass is 367 g/mol. The van der Waals surface area contributed by atoms with Gasteiger partial charge in [-0.2, -0.15) is 0 Å². The van der Waals surface area contributed by atoms with Crippen molar-refractivity contribution >= 4 is 5.69 Å². The standard InChI is InChI=1S/C19H30FN3O3/c1-13(2)21-11-16-18(19(25)17(12-24)26-16)23-9-7-22(8-10-23)15-5-3-14(20)4-6-15/h3-6,13,16-19,21,24-25H,7-12H2,1-2H3. The number of hydrogen-bond acceptors (Lipinski definition) is 6. The summed E-state index contributed by atoms with van der Waals surface area (Å²) < 4.78 is 19.0. The first-order chi connectivity index (χ1) is 12.5. The van der Waals surface area contributed by atoms with Gasteiger partial charge in [-0.15, -0.1) is 0 Å². The van der Waals surface area contributed by atoms with Crippen LogP contribution < -0.4 is 10.2 Å². The molecule has 2 aliphatic heterocycles. The van der Waals surface area contributed by atoms with Gasteiger partial charge in [-0.25, -0.2) is 4.39 Å². The van der Waals surface area contributed by atoms with Crippen molar-refractivity contribution in [2.45, 2.75) is 44.2 Å². The lowest BCUT2D eigenvalue weighted by molar-refractivity contribution is -0.0216. The molecule has 2 aliphatic rings. The van der Waals surface area contributed by atoms with Gasteiger partial charge in [-0.05, 0) is 24.3 Å². The predicted octanol–water partition coefficient (Wildman–Crippen LogP) is 0.435. The molecule has 7 heteroatoms. The molecular formula is C19H30FN3O3. The largest absolute Gasteiger partial charge is 0.394 e. The minimum absolute atomic E-state index is 0.131. The highest BCUT2D eigenvalue weighted by Crippen LogP contribution is 2.27. The highest BCUT2D eigenvalue weighted by atomic mass is 19.1. The van der Waals surface area contributed by atoms with Crippen LogP contribution in [0.25, 0.3) is 0 Å². The second-order valence-electron chi connectivity index (χ2n) is 7.44. The van der Waals surface area contributed by atoms with Crippen molar-refractivity contribution < 1.29 is 19.3 Å². The Bertz CT molecular complexity index is 564. The number of piperazine rings is 1. The maximum atomic E-state index is 13.1. The van der Waals surface area contributed by atoms with E-state index >= 15 is 0 Å². The van der Waals surface area contributed by atoms with E-state index in [1.807, 2.05) is 0 Å². The normalized spacial score (nSPS) is 30.3. The number of benzene rings is 1. The predicted molar refractivity (Wildman–Crippen MR) is 98.9 cm³/mol. The van der Waals surface area contributed by atoms with Crippen LogP contribution in [0.15, 0.2) is 24.3 Å². The summed E-state index contributed by atoms with van der Waals surface area (Å²) >= 11 is 0. The highest BCUT2D eigenvalue weighted by molar-refractivity contribution is 5.46. The van der Waals surface area contributed by atoms with Crippen molar-refractivity contribution in [2.75, 3.05) is 44.2 Å². The van der Waals surface area contributed by atoms with E-state index in [0.717, 1.165) is 31.9 Å². The summed E-state index contributed by atoms with van der Waals surface area (Å²) in [6.45, 7) is 7.82. The fourth-order valence-electron chi connectivity index (χ4n) is 3.88. The molecule has 26 heavy (non-hydrogen) atoms. The molecule has 1 aromatic carbocycles. The average Bonchev–Trinajstić information content (AvgIpc) is 2.96. The quantitative estimate of drug-likeness (QED) is 0.678. The van der Waals surface area contributed by atoms with Crippen molar-refractivity contribution in [1.82, 2.24) is 10.2 Å². The minimum Gasteiger partial charge on any atom is -0.394 e. The zero-order valence-corrected chi connectivity index (χ0v) is 15.5. The van der Waals surface area contributed by atoms with Crippen molar-refractivity contribution in [3.8, 4) is 0 Å². The molecule has 1 aromatic rings. The molecule has 0 aromatic heterocycles. The van der Waals surface area contributed by atoms with Crippen LogP contribution in [0, 0.1) is 5.82 Å². The number of aliphatic hydroxyl groups excluding tert-OH is 2. The molecule has 3 N–H and O–H groups in total. The number of anilines is 1. The van der Waals surface area contributed by atoms with Gasteiger partial charge in [-0.3, -0.25) is 4.90 Å². The Morgan fingerprint density at radius 3 is 2.38 bits per heavy atom. The number of ether oxygens (including phenoxy) is 1. The van der Waals surface area contributed by atoms with E-state index in [4.69, 9.17) is 4.74 Å². The van der Waals surface area contributed by atoms with Gasteiger partial charge in [0.15, 0.2) is 0 Å². The van der Waals surface area contributed by atoms with E-state index in [0.29, 0.717) is 12.6 Å². The molecule has 3 rings (SSSR count). The zero-order valence-electron chi connectivity index (χ0n) is 15.5. The first-order valence-electron chi connectivity index (χ1n) is 9.42. The van der Waals surface area contributed by atoms with Crippen molar-refractivity contribution in [3.63, 3.8) is 0 Å². The Morgan fingerprint density at radius 1 is 1.15 bits per heavy atom. The third-order valence-electron chi connectivity index (χ3n) is 5.30. The highest BCUT2D eigenvalue weighted by Gasteiger charge is 2.46. The number of rotatable bonds is 6. The van der Waals surface area contributed by atoms with E-state index in [-0.39, 0.29) is 24.6 Å². The molecule has 2 heterocycles. The summed E-state index contributed by atoms with van der Waals surface area (Å²) in [7, 11) is 0. The Hall–Kier alpha value is -1.25. The van der Waals surface area contributed by atoms with E-state index in [1.165, 1.54) is 12.1 Å². The molecule has 0 aliphatic carbocycles. The Balaban J connectivity index is 1.62. The molecule has 146 valence electrons. The maximum Gasteiger partial charge on any atom is 0.123 e. The van der Waals surface area contributed by atoms with Gasteiger partial charge in [0.2, 0.25) is 0 Å². The van der Waals surface area contributed by atoms with Crippen molar-refractivity contribution in [1.29, 1.82) is 0 Å². The van der Waals surface area contributed by atoms with Gasteiger partial charge in [0.05, 0.1) is 18.8 Å². The summed E-state index contributed by atoms with van der Waals surface area (Å²) in [5, 5.41) is 23.5. The van der Waals surface area contributed by atoms with Crippen LogP contribution in [0.4, 0.5) is 10.1 Å². The van der Waals surface area contributed by atoms with Gasteiger partial charge in [-0.1, -0.05) is 13.8 Å². The van der Waals surface area contributed by atoms with Crippen molar-refractivity contribution in [3.05, 3.63) is 30.1 Å². The lowest BCUT2D eigenvalue weighted by Gasteiger charge is -2.41. The van der Waals surface area contributed by atoms with Crippen LogP contribution in [-0.4, -0.2) is 84.8 Å². The summed E-state index contributed by atoms with van der Waals surface area (Å²) in [6.07, 6.45) is -1.38. The summed E-state index contributed by atoms with van der Waals surface area (Å²) in [4.78, 5) is 4.48. The van der Waals surface area contributed by atoms with Crippen LogP contribution >= 0.6 is 0 Å². The van der Waals surface area contributed by atoms with Gasteiger partial charge in [0, 0.05) is 44.5 Å². The van der Waals surface area contributed by atoms with Crippen LogP contribution in [0.1, 0.15) is 13.8 Å². The third-order valence-corrected chi connectivity index (χ3v) is 5.30. The fraction of sp³-hybridized carbons (Fsp3) is 0.684. The molecule has 0 amide bonds. The number of hydrogen-bond donors (Lipinski definition) is 3. The summed E-state index contributed by atoms with van der Waals surface area (Å²) in [5.74, 6) is -0.228. The molecule has 4 atom stereocenters. The molecule has 0 saturated carbocycles. The molecule has 0 bridgehead atoms. The smallest absolute Gasteiger partial charge is 0.123 e. The van der Waals surface area contributed by atoms with Crippen LogP contribution in [0.5, 0.6) is 0 Å². The number of nitrogens with one attached hydrogen (secondary N) is 1. The Morgan fingerprint density at radius 2 is 1.81 bits per heavy atom. The Labute approximate surface area is 154 Å². The van der Waals surface area contributed by atoms with E-state index in [1.54, 1.807) is 12.1 Å².